The van der Waals surface area contributed by atoms with Crippen LogP contribution in [0.3, 0.4) is 0 Å². The van der Waals surface area contributed by atoms with Crippen molar-refractivity contribution in [1.29, 1.82) is 0 Å². The summed E-state index contributed by atoms with van der Waals surface area (Å²) in [4.78, 5) is 2.16. The molecule has 0 aliphatic heterocycles. The van der Waals surface area contributed by atoms with Gasteiger partial charge in [-0.3, -0.25) is 0 Å². The Morgan fingerprint density at radius 2 is 2.19 bits per heavy atom. The molecule has 0 radical (unpaired) electrons. The lowest BCUT2D eigenvalue weighted by atomic mass is 10.1. The van der Waals surface area contributed by atoms with Crippen molar-refractivity contribution in [2.24, 2.45) is 0 Å². The molecule has 4 heteroatoms. The summed E-state index contributed by atoms with van der Waals surface area (Å²) in [6.45, 7) is 3.46. The van der Waals surface area contributed by atoms with Crippen LogP contribution < -0.4 is 5.73 Å². The van der Waals surface area contributed by atoms with E-state index in [1.165, 1.54) is 0 Å². The summed E-state index contributed by atoms with van der Waals surface area (Å²) in [6.07, 6.45) is 0.528. The van der Waals surface area contributed by atoms with E-state index in [1.54, 1.807) is 6.92 Å². The van der Waals surface area contributed by atoms with Gasteiger partial charge in [-0.05, 0) is 32.5 Å². The summed E-state index contributed by atoms with van der Waals surface area (Å²) in [5, 5.41) is 9.22. The van der Waals surface area contributed by atoms with Gasteiger partial charge >= 0.3 is 0 Å². The molecular formula is C12H19BrN2O. The van der Waals surface area contributed by atoms with Gasteiger partial charge in [-0.1, -0.05) is 22.0 Å². The summed E-state index contributed by atoms with van der Waals surface area (Å²) in [7, 11) is 2.03. The fraction of sp³-hybridized carbons (Fsp3) is 0.500. The van der Waals surface area contributed by atoms with Crippen LogP contribution in [-0.4, -0.2) is 29.7 Å². The zero-order valence-corrected chi connectivity index (χ0v) is 11.4. The monoisotopic (exact) mass is 286 g/mol. The van der Waals surface area contributed by atoms with Gasteiger partial charge in [0.05, 0.1) is 6.10 Å². The van der Waals surface area contributed by atoms with Gasteiger partial charge in [0.25, 0.3) is 0 Å². The zero-order chi connectivity index (χ0) is 12.1. The van der Waals surface area contributed by atoms with Crippen molar-refractivity contribution in [2.75, 3.05) is 19.3 Å². The van der Waals surface area contributed by atoms with Gasteiger partial charge in [0.2, 0.25) is 0 Å². The fourth-order valence-corrected chi connectivity index (χ4v) is 2.01. The van der Waals surface area contributed by atoms with Crippen LogP contribution in [0.5, 0.6) is 0 Å². The van der Waals surface area contributed by atoms with Crippen molar-refractivity contribution >= 4 is 21.6 Å². The van der Waals surface area contributed by atoms with Crippen molar-refractivity contribution in [3.8, 4) is 0 Å². The van der Waals surface area contributed by atoms with Gasteiger partial charge in [-0.2, -0.15) is 0 Å². The molecule has 0 aliphatic rings. The number of rotatable bonds is 5. The van der Waals surface area contributed by atoms with Crippen LogP contribution in [0.15, 0.2) is 22.7 Å². The first-order valence-corrected chi connectivity index (χ1v) is 6.19. The lowest BCUT2D eigenvalue weighted by molar-refractivity contribution is 0.163. The first-order chi connectivity index (χ1) is 7.50. The zero-order valence-electron chi connectivity index (χ0n) is 9.78. The average Bonchev–Trinajstić information content (AvgIpc) is 2.21. The number of halogens is 1. The van der Waals surface area contributed by atoms with Crippen LogP contribution in [0.1, 0.15) is 18.9 Å². The molecule has 0 fully saturated rings. The Morgan fingerprint density at radius 3 is 2.75 bits per heavy atom. The molecule has 0 saturated carbocycles. The maximum Gasteiger partial charge on any atom is 0.0524 e. The van der Waals surface area contributed by atoms with Crippen LogP contribution >= 0.6 is 15.9 Å². The molecule has 3 nitrogen and oxygen atoms in total. The average molecular weight is 287 g/mol. The molecule has 90 valence electrons. The van der Waals surface area contributed by atoms with Gasteiger partial charge in [0, 0.05) is 28.8 Å². The topological polar surface area (TPSA) is 49.5 Å². The second-order valence-corrected chi connectivity index (χ2v) is 5.04. The highest BCUT2D eigenvalue weighted by molar-refractivity contribution is 9.10. The van der Waals surface area contributed by atoms with E-state index in [4.69, 9.17) is 5.73 Å². The van der Waals surface area contributed by atoms with Gasteiger partial charge in [-0.25, -0.2) is 0 Å². The second kappa shape index (κ2) is 6.23. The molecule has 0 spiro atoms. The van der Waals surface area contributed by atoms with E-state index < -0.39 is 0 Å². The largest absolute Gasteiger partial charge is 0.398 e. The summed E-state index contributed by atoms with van der Waals surface area (Å²) in [6, 6.07) is 5.83. The summed E-state index contributed by atoms with van der Waals surface area (Å²) < 4.78 is 1.04. The minimum atomic E-state index is -0.251. The van der Waals surface area contributed by atoms with Crippen LogP contribution in [0.25, 0.3) is 0 Å². The Bertz CT molecular complexity index is 322. The fourth-order valence-electron chi connectivity index (χ4n) is 1.50. The normalized spacial score (nSPS) is 13.1. The van der Waals surface area contributed by atoms with Crippen molar-refractivity contribution < 1.29 is 5.11 Å². The van der Waals surface area contributed by atoms with Crippen molar-refractivity contribution in [2.45, 2.75) is 26.0 Å². The molecule has 1 aromatic carbocycles. The van der Waals surface area contributed by atoms with Gasteiger partial charge in [0.1, 0.15) is 0 Å². The third-order valence-corrected chi connectivity index (χ3v) is 3.25. The number of hydrogen-bond donors (Lipinski definition) is 2. The predicted molar refractivity (Wildman–Crippen MR) is 71.2 cm³/mol. The number of anilines is 1. The van der Waals surface area contributed by atoms with E-state index in [0.29, 0.717) is 0 Å². The van der Waals surface area contributed by atoms with E-state index in [9.17, 15) is 5.11 Å². The highest BCUT2D eigenvalue weighted by Crippen LogP contribution is 2.23. The highest BCUT2D eigenvalue weighted by Gasteiger charge is 2.08. The van der Waals surface area contributed by atoms with Gasteiger partial charge < -0.3 is 15.7 Å². The van der Waals surface area contributed by atoms with E-state index in [0.717, 1.165) is 35.2 Å². The number of nitrogens with two attached hydrogens (primary N) is 1. The Labute approximate surface area is 105 Å². The molecule has 0 aromatic heterocycles. The highest BCUT2D eigenvalue weighted by atomic mass is 79.9. The van der Waals surface area contributed by atoms with Gasteiger partial charge in [-0.15, -0.1) is 0 Å². The number of hydrogen-bond acceptors (Lipinski definition) is 3. The van der Waals surface area contributed by atoms with Crippen LogP contribution in [0.4, 0.5) is 5.69 Å². The van der Waals surface area contributed by atoms with Crippen molar-refractivity contribution in [1.82, 2.24) is 4.90 Å². The minimum absolute atomic E-state index is 0.251. The maximum absolute atomic E-state index is 9.22. The summed E-state index contributed by atoms with van der Waals surface area (Å²) in [5.41, 5.74) is 7.83. The Hall–Kier alpha value is -0.580. The summed E-state index contributed by atoms with van der Waals surface area (Å²) in [5.74, 6) is 0. The van der Waals surface area contributed by atoms with Crippen LogP contribution in [0.2, 0.25) is 0 Å². The summed E-state index contributed by atoms with van der Waals surface area (Å²) >= 11 is 3.50. The molecule has 1 rings (SSSR count). The first kappa shape index (κ1) is 13.5. The Balaban J connectivity index is 2.59. The number of nitrogen functional groups attached to an aromatic ring is 1. The van der Waals surface area contributed by atoms with E-state index in [1.807, 2.05) is 25.2 Å². The lowest BCUT2D eigenvalue weighted by Crippen LogP contribution is -2.22. The van der Waals surface area contributed by atoms with Crippen molar-refractivity contribution in [3.05, 3.63) is 28.2 Å². The smallest absolute Gasteiger partial charge is 0.0524 e. The number of aliphatic hydroxyl groups excluding tert-OH is 1. The molecule has 0 amide bonds. The maximum atomic E-state index is 9.22. The molecule has 0 heterocycles. The Kier molecular flexibility index (Phi) is 5.25. The molecule has 1 atom stereocenters. The molecule has 1 aromatic rings. The second-order valence-electron chi connectivity index (χ2n) is 4.18. The van der Waals surface area contributed by atoms with Crippen LogP contribution in [0, 0.1) is 0 Å². The van der Waals surface area contributed by atoms with Crippen LogP contribution in [-0.2, 0) is 6.54 Å². The van der Waals surface area contributed by atoms with E-state index in [2.05, 4.69) is 20.8 Å². The lowest BCUT2D eigenvalue weighted by Gasteiger charge is -2.19. The standard InChI is InChI=1S/C12H19BrN2O/c1-9(16)6-7-15(2)8-10-11(13)4-3-5-12(10)14/h3-5,9,16H,6-8,14H2,1-2H3. The van der Waals surface area contributed by atoms with Gasteiger partial charge in [0.15, 0.2) is 0 Å². The number of aliphatic hydroxyl groups is 1. The molecule has 0 bridgehead atoms. The Morgan fingerprint density at radius 1 is 1.50 bits per heavy atom. The number of benzene rings is 1. The number of nitrogens with zero attached hydrogens (tertiary/aromatic N) is 1. The molecule has 16 heavy (non-hydrogen) atoms. The van der Waals surface area contributed by atoms with E-state index >= 15 is 0 Å². The first-order valence-electron chi connectivity index (χ1n) is 5.40. The quantitative estimate of drug-likeness (QED) is 0.817. The molecule has 3 N–H and O–H groups in total. The molecule has 1 unspecified atom stereocenters. The third kappa shape index (κ3) is 4.12. The SMILES string of the molecule is CC(O)CCN(C)Cc1c(N)cccc1Br. The minimum Gasteiger partial charge on any atom is -0.398 e. The van der Waals surface area contributed by atoms with Crippen molar-refractivity contribution in [3.63, 3.8) is 0 Å². The molecule has 0 aliphatic carbocycles. The molecular weight excluding hydrogens is 268 g/mol. The third-order valence-electron chi connectivity index (χ3n) is 2.51. The molecule has 0 saturated heterocycles. The predicted octanol–water partition coefficient (Wildman–Crippen LogP) is 2.23. The van der Waals surface area contributed by atoms with E-state index in [-0.39, 0.29) is 6.10 Å².